The molecule has 0 aliphatic carbocycles. The van der Waals surface area contributed by atoms with Crippen LogP contribution in [0.3, 0.4) is 0 Å². The quantitative estimate of drug-likeness (QED) is 0.0222. The van der Waals surface area contributed by atoms with E-state index in [1.165, 1.54) is 244 Å². The fourth-order valence-corrected chi connectivity index (χ4v) is 14.2. The highest BCUT2D eigenvalue weighted by atomic mass is 31.2. The average Bonchev–Trinajstić information content (AvgIpc) is 0.931. The summed E-state index contributed by atoms with van der Waals surface area (Å²) in [6.07, 6.45) is 65.7. The maximum atomic E-state index is 13.1. The normalized spacial score (nSPS) is 13.8. The lowest BCUT2D eigenvalue weighted by molar-refractivity contribution is -0.161. The van der Waals surface area contributed by atoms with Gasteiger partial charge in [0.05, 0.1) is 26.4 Å². The van der Waals surface area contributed by atoms with Crippen molar-refractivity contribution >= 4 is 39.5 Å². The summed E-state index contributed by atoms with van der Waals surface area (Å²) in [5.41, 5.74) is 0. The molecule has 100 heavy (non-hydrogen) atoms. The third kappa shape index (κ3) is 74.3. The molecule has 0 spiro atoms. The van der Waals surface area contributed by atoms with E-state index in [0.717, 1.165) is 109 Å². The van der Waals surface area contributed by atoms with Crippen molar-refractivity contribution in [3.05, 3.63) is 0 Å². The van der Waals surface area contributed by atoms with Crippen LogP contribution >= 0.6 is 15.6 Å². The monoisotopic (exact) mass is 1470 g/mol. The van der Waals surface area contributed by atoms with Crippen LogP contribution in [0.1, 0.15) is 433 Å². The number of carbonyl (C=O) groups is 4. The molecule has 0 heterocycles. The van der Waals surface area contributed by atoms with Gasteiger partial charge >= 0.3 is 39.5 Å². The molecule has 19 heteroatoms. The van der Waals surface area contributed by atoms with Gasteiger partial charge in [-0.05, 0) is 31.6 Å². The maximum absolute atomic E-state index is 13.1. The molecule has 594 valence electrons. The van der Waals surface area contributed by atoms with Crippen molar-refractivity contribution in [2.24, 2.45) is 5.92 Å². The fourth-order valence-electron chi connectivity index (χ4n) is 12.6. The smallest absolute Gasteiger partial charge is 0.462 e. The van der Waals surface area contributed by atoms with Gasteiger partial charge in [0.15, 0.2) is 12.2 Å². The van der Waals surface area contributed by atoms with Crippen LogP contribution in [0.15, 0.2) is 0 Å². The van der Waals surface area contributed by atoms with Gasteiger partial charge in [-0.2, -0.15) is 0 Å². The van der Waals surface area contributed by atoms with E-state index < -0.39 is 97.5 Å². The van der Waals surface area contributed by atoms with Crippen LogP contribution in [-0.4, -0.2) is 96.7 Å². The minimum absolute atomic E-state index is 0.105. The largest absolute Gasteiger partial charge is 0.472 e. The predicted octanol–water partition coefficient (Wildman–Crippen LogP) is 24.4. The first kappa shape index (κ1) is 98.1. The summed E-state index contributed by atoms with van der Waals surface area (Å²) < 4.78 is 68.6. The lowest BCUT2D eigenvalue weighted by Gasteiger charge is -2.21. The number of hydrogen-bond acceptors (Lipinski definition) is 15. The Balaban J connectivity index is 5.15. The van der Waals surface area contributed by atoms with E-state index in [4.69, 9.17) is 37.0 Å². The molecule has 0 amide bonds. The van der Waals surface area contributed by atoms with Crippen molar-refractivity contribution in [3.63, 3.8) is 0 Å². The molecule has 0 aliphatic heterocycles. The van der Waals surface area contributed by atoms with Crippen molar-refractivity contribution in [2.45, 2.75) is 451 Å². The summed E-state index contributed by atoms with van der Waals surface area (Å²) >= 11 is 0. The van der Waals surface area contributed by atoms with Gasteiger partial charge in [-0.1, -0.05) is 381 Å². The standard InChI is InChI=1S/C81H158O17P2/c1-6-9-12-15-18-20-22-24-26-28-30-32-34-36-38-40-42-46-51-56-61-66-80(85)98-77(71-92-79(84)65-60-55-50-45-41-39-37-35-33-31-29-27-25-23-21-19-16-13-10-7-2)73-96-100(89,90)94-69-75(82)68-93-99(87,88)95-72-76(70-91-78(83)64-59-54-48-17-14-11-8-3)97-81(86)67-62-57-52-47-43-44-49-53-58-63-74(4)5/h74-77,82H,6-73H2,1-5H3,(H,87,88)(H,89,90)/t75-,76+,77+/m0/s1. The van der Waals surface area contributed by atoms with Crippen molar-refractivity contribution in [1.82, 2.24) is 0 Å². The molecule has 2 unspecified atom stereocenters. The van der Waals surface area contributed by atoms with E-state index in [0.29, 0.717) is 25.7 Å². The highest BCUT2D eigenvalue weighted by Crippen LogP contribution is 2.45. The molecular formula is C81H158O17P2. The Morgan fingerprint density at radius 1 is 0.270 bits per heavy atom. The minimum atomic E-state index is -4.96. The number of hydrogen-bond donors (Lipinski definition) is 3. The molecule has 0 aromatic rings. The molecule has 0 bridgehead atoms. The molecule has 0 aromatic carbocycles. The number of esters is 4. The van der Waals surface area contributed by atoms with E-state index >= 15 is 0 Å². The van der Waals surface area contributed by atoms with Crippen molar-refractivity contribution < 1.29 is 80.2 Å². The topological polar surface area (TPSA) is 237 Å². The SMILES string of the molecule is CCCCCCCCCCCCCCCCCCCCCCCC(=O)O[C@H](COC(=O)CCCCCCCCCCCCCCCCCCCCCC)COP(=O)(O)OC[C@@H](O)COP(=O)(O)OC[C@@H](COC(=O)CCCCCCCCC)OC(=O)CCCCCCCCCCCC(C)C. The summed E-state index contributed by atoms with van der Waals surface area (Å²) in [5.74, 6) is -1.38. The summed E-state index contributed by atoms with van der Waals surface area (Å²) in [6.45, 7) is 7.25. The van der Waals surface area contributed by atoms with E-state index in [1.807, 2.05) is 0 Å². The third-order valence-electron chi connectivity index (χ3n) is 19.0. The highest BCUT2D eigenvalue weighted by Gasteiger charge is 2.30. The first-order chi connectivity index (χ1) is 48.5. The van der Waals surface area contributed by atoms with Crippen LogP contribution in [0, 0.1) is 5.92 Å². The van der Waals surface area contributed by atoms with E-state index in [2.05, 4.69) is 34.6 Å². The lowest BCUT2D eigenvalue weighted by atomic mass is 10.0. The van der Waals surface area contributed by atoms with Crippen LogP contribution in [0.5, 0.6) is 0 Å². The van der Waals surface area contributed by atoms with Gasteiger partial charge in [0, 0.05) is 25.7 Å². The van der Waals surface area contributed by atoms with Gasteiger partial charge in [0.25, 0.3) is 0 Å². The van der Waals surface area contributed by atoms with E-state index in [-0.39, 0.29) is 25.7 Å². The Labute approximate surface area is 613 Å². The molecule has 0 saturated carbocycles. The van der Waals surface area contributed by atoms with Crippen LogP contribution in [0.25, 0.3) is 0 Å². The van der Waals surface area contributed by atoms with Crippen LogP contribution in [0.2, 0.25) is 0 Å². The van der Waals surface area contributed by atoms with Crippen LogP contribution in [-0.2, 0) is 65.4 Å². The number of rotatable bonds is 81. The minimum Gasteiger partial charge on any atom is -0.462 e. The summed E-state index contributed by atoms with van der Waals surface area (Å²) in [6, 6.07) is 0. The van der Waals surface area contributed by atoms with Gasteiger partial charge in [0.2, 0.25) is 0 Å². The Kier molecular flexibility index (Phi) is 72.5. The zero-order valence-corrected chi connectivity index (χ0v) is 67.1. The second kappa shape index (κ2) is 73.9. The molecule has 0 rings (SSSR count). The summed E-state index contributed by atoms with van der Waals surface area (Å²) in [4.78, 5) is 72.8. The fraction of sp³-hybridized carbons (Fsp3) is 0.951. The van der Waals surface area contributed by atoms with E-state index in [9.17, 15) is 43.2 Å². The number of aliphatic hydroxyl groups excluding tert-OH is 1. The van der Waals surface area contributed by atoms with Gasteiger partial charge in [-0.25, -0.2) is 9.13 Å². The molecular weight excluding hydrogens is 1310 g/mol. The van der Waals surface area contributed by atoms with Gasteiger partial charge in [0.1, 0.15) is 19.3 Å². The maximum Gasteiger partial charge on any atom is 0.472 e. The summed E-state index contributed by atoms with van der Waals surface area (Å²) in [5, 5.41) is 10.6. The highest BCUT2D eigenvalue weighted by molar-refractivity contribution is 7.47. The van der Waals surface area contributed by atoms with Gasteiger partial charge < -0.3 is 33.8 Å². The number of phosphoric acid groups is 2. The molecule has 0 radical (unpaired) electrons. The zero-order chi connectivity index (χ0) is 73.4. The lowest BCUT2D eigenvalue weighted by Crippen LogP contribution is -2.30. The third-order valence-corrected chi connectivity index (χ3v) is 20.9. The van der Waals surface area contributed by atoms with Crippen molar-refractivity contribution in [3.8, 4) is 0 Å². The van der Waals surface area contributed by atoms with Gasteiger partial charge in [-0.15, -0.1) is 0 Å². The predicted molar refractivity (Wildman–Crippen MR) is 409 cm³/mol. The molecule has 17 nitrogen and oxygen atoms in total. The number of unbranched alkanes of at least 4 members (excludes halogenated alkanes) is 53. The second-order valence-corrected chi connectivity index (χ2v) is 32.5. The first-order valence-electron chi connectivity index (χ1n) is 42.1. The summed E-state index contributed by atoms with van der Waals surface area (Å²) in [7, 11) is -9.91. The molecule has 0 aromatic heterocycles. The molecule has 0 aliphatic rings. The molecule has 0 saturated heterocycles. The molecule has 3 N–H and O–H groups in total. The molecule has 0 fully saturated rings. The van der Waals surface area contributed by atoms with Crippen molar-refractivity contribution in [2.75, 3.05) is 39.6 Å². The Morgan fingerprint density at radius 2 is 0.460 bits per heavy atom. The number of aliphatic hydroxyl groups is 1. The Morgan fingerprint density at radius 3 is 0.680 bits per heavy atom. The average molecular weight is 1470 g/mol. The van der Waals surface area contributed by atoms with Crippen LogP contribution in [0.4, 0.5) is 0 Å². The number of ether oxygens (including phenoxy) is 4. The molecule has 5 atom stereocenters. The Hall–Kier alpha value is -1.94. The number of carbonyl (C=O) groups excluding carboxylic acids is 4. The Bertz CT molecular complexity index is 1910. The second-order valence-electron chi connectivity index (χ2n) is 29.6. The van der Waals surface area contributed by atoms with E-state index in [1.54, 1.807) is 0 Å². The van der Waals surface area contributed by atoms with Crippen molar-refractivity contribution in [1.29, 1.82) is 0 Å². The zero-order valence-electron chi connectivity index (χ0n) is 65.3. The first-order valence-corrected chi connectivity index (χ1v) is 45.1. The van der Waals surface area contributed by atoms with Gasteiger partial charge in [-0.3, -0.25) is 37.3 Å². The van der Waals surface area contributed by atoms with Crippen LogP contribution < -0.4 is 0 Å². The number of phosphoric ester groups is 2.